The van der Waals surface area contributed by atoms with E-state index in [1.807, 2.05) is 6.92 Å². The van der Waals surface area contributed by atoms with E-state index in [-0.39, 0.29) is 5.76 Å². The predicted octanol–water partition coefficient (Wildman–Crippen LogP) is 1.98. The topological polar surface area (TPSA) is 57.5 Å². The van der Waals surface area contributed by atoms with Crippen molar-refractivity contribution in [3.05, 3.63) is 41.5 Å². The van der Waals surface area contributed by atoms with Crippen molar-refractivity contribution in [1.29, 1.82) is 0 Å². The highest BCUT2D eigenvalue weighted by molar-refractivity contribution is 5.87. The van der Waals surface area contributed by atoms with Crippen LogP contribution in [0, 0.1) is 6.92 Å². The first-order chi connectivity index (χ1) is 6.09. The fourth-order valence-corrected chi connectivity index (χ4v) is 0.925. The van der Waals surface area contributed by atoms with Gasteiger partial charge in [-0.25, -0.2) is 4.79 Å². The molecule has 3 nitrogen and oxygen atoms in total. The Morgan fingerprint density at radius 1 is 1.23 bits per heavy atom. The molecule has 0 saturated heterocycles. The highest BCUT2D eigenvalue weighted by atomic mass is 16.4. The molecule has 0 aliphatic rings. The molecule has 0 unspecified atom stereocenters. The number of aliphatic hydroxyl groups is 1. The van der Waals surface area contributed by atoms with Gasteiger partial charge >= 0.3 is 5.97 Å². The number of carboxylic acid groups (broad SMARTS) is 1. The molecule has 3 heteroatoms. The minimum Gasteiger partial charge on any atom is -0.507 e. The van der Waals surface area contributed by atoms with E-state index < -0.39 is 5.97 Å². The van der Waals surface area contributed by atoms with E-state index in [2.05, 4.69) is 0 Å². The lowest BCUT2D eigenvalue weighted by Crippen LogP contribution is -1.91. The highest BCUT2D eigenvalue weighted by Gasteiger charge is 2.00. The fourth-order valence-electron chi connectivity index (χ4n) is 0.925. The molecule has 0 amide bonds. The van der Waals surface area contributed by atoms with Gasteiger partial charge in [-0.1, -0.05) is 29.8 Å². The summed E-state index contributed by atoms with van der Waals surface area (Å²) in [6, 6.07) is 6.96. The Morgan fingerprint density at radius 2 is 1.77 bits per heavy atom. The molecule has 0 atom stereocenters. The molecule has 1 aromatic rings. The lowest BCUT2D eigenvalue weighted by molar-refractivity contribution is -0.131. The molecule has 1 aromatic carbocycles. The monoisotopic (exact) mass is 178 g/mol. The molecule has 0 radical (unpaired) electrons. The summed E-state index contributed by atoms with van der Waals surface area (Å²) in [5.74, 6) is -1.38. The van der Waals surface area contributed by atoms with Gasteiger partial charge in [0.05, 0.1) is 6.08 Å². The molecule has 2 N–H and O–H groups in total. The van der Waals surface area contributed by atoms with Crippen LogP contribution in [0.15, 0.2) is 30.3 Å². The second-order valence-electron chi connectivity index (χ2n) is 2.73. The van der Waals surface area contributed by atoms with E-state index in [0.717, 1.165) is 11.6 Å². The predicted molar refractivity (Wildman–Crippen MR) is 49.4 cm³/mol. The van der Waals surface area contributed by atoms with Gasteiger partial charge in [0.25, 0.3) is 0 Å². The van der Waals surface area contributed by atoms with Crippen LogP contribution < -0.4 is 0 Å². The lowest BCUT2D eigenvalue weighted by atomic mass is 10.1. The van der Waals surface area contributed by atoms with Gasteiger partial charge < -0.3 is 10.2 Å². The molecule has 0 aromatic heterocycles. The number of aliphatic carboxylic acids is 1. The molecular formula is C10H10O3. The van der Waals surface area contributed by atoms with E-state index in [1.165, 1.54) is 0 Å². The molecular weight excluding hydrogens is 168 g/mol. The normalized spacial score (nSPS) is 11.3. The van der Waals surface area contributed by atoms with Crippen molar-refractivity contribution in [2.24, 2.45) is 0 Å². The SMILES string of the molecule is Cc1ccc(/C(O)=C/C(=O)O)cc1. The number of carbonyl (C=O) groups is 1. The van der Waals surface area contributed by atoms with Gasteiger partial charge in [0, 0.05) is 5.56 Å². The van der Waals surface area contributed by atoms with E-state index in [4.69, 9.17) is 5.11 Å². The van der Waals surface area contributed by atoms with Crippen LogP contribution in [0.1, 0.15) is 11.1 Å². The molecule has 0 saturated carbocycles. The maximum atomic E-state index is 10.2. The summed E-state index contributed by atoms with van der Waals surface area (Å²) in [4.78, 5) is 10.2. The van der Waals surface area contributed by atoms with Gasteiger partial charge in [0.1, 0.15) is 5.76 Å². The summed E-state index contributed by atoms with van der Waals surface area (Å²) >= 11 is 0. The Kier molecular flexibility index (Phi) is 2.69. The van der Waals surface area contributed by atoms with Crippen molar-refractivity contribution < 1.29 is 15.0 Å². The van der Waals surface area contributed by atoms with Crippen LogP contribution in [0.2, 0.25) is 0 Å². The summed E-state index contributed by atoms with van der Waals surface area (Å²) in [7, 11) is 0. The van der Waals surface area contributed by atoms with Crippen molar-refractivity contribution >= 4 is 11.7 Å². The Bertz CT molecular complexity index is 336. The first-order valence-electron chi connectivity index (χ1n) is 3.80. The number of hydrogen-bond acceptors (Lipinski definition) is 2. The zero-order valence-corrected chi connectivity index (χ0v) is 7.19. The van der Waals surface area contributed by atoms with Gasteiger partial charge in [0.15, 0.2) is 0 Å². The third-order valence-electron chi connectivity index (χ3n) is 1.61. The average molecular weight is 178 g/mol. The Morgan fingerprint density at radius 3 is 2.23 bits per heavy atom. The molecule has 0 aliphatic carbocycles. The summed E-state index contributed by atoms with van der Waals surface area (Å²) in [5, 5.41) is 17.6. The number of hydrogen-bond donors (Lipinski definition) is 2. The summed E-state index contributed by atoms with van der Waals surface area (Å²) < 4.78 is 0. The van der Waals surface area contributed by atoms with Crippen LogP contribution >= 0.6 is 0 Å². The standard InChI is InChI=1S/C10H10O3/c1-7-2-4-8(5-3-7)9(11)6-10(12)13/h2-6,11H,1H3,(H,12,13)/b9-6-. The van der Waals surface area contributed by atoms with Crippen molar-refractivity contribution in [2.75, 3.05) is 0 Å². The van der Waals surface area contributed by atoms with Crippen molar-refractivity contribution in [3.63, 3.8) is 0 Å². The van der Waals surface area contributed by atoms with E-state index in [9.17, 15) is 9.90 Å². The largest absolute Gasteiger partial charge is 0.507 e. The Labute approximate surface area is 76.0 Å². The molecule has 0 heterocycles. The zero-order chi connectivity index (χ0) is 9.84. The number of carboxylic acids is 1. The number of benzene rings is 1. The van der Waals surface area contributed by atoms with E-state index >= 15 is 0 Å². The number of aliphatic hydroxyl groups excluding tert-OH is 1. The van der Waals surface area contributed by atoms with Crippen LogP contribution in [-0.2, 0) is 4.79 Å². The highest BCUT2D eigenvalue weighted by Crippen LogP contribution is 2.11. The second-order valence-corrected chi connectivity index (χ2v) is 2.73. The Balaban J connectivity index is 2.96. The third-order valence-corrected chi connectivity index (χ3v) is 1.61. The minimum atomic E-state index is -1.15. The van der Waals surface area contributed by atoms with Gasteiger partial charge in [-0.3, -0.25) is 0 Å². The van der Waals surface area contributed by atoms with Gasteiger partial charge in [-0.2, -0.15) is 0 Å². The molecule has 0 bridgehead atoms. The van der Waals surface area contributed by atoms with Crippen LogP contribution in [0.25, 0.3) is 5.76 Å². The molecule has 0 spiro atoms. The van der Waals surface area contributed by atoms with Crippen LogP contribution in [-0.4, -0.2) is 16.2 Å². The summed E-state index contributed by atoms with van der Waals surface area (Å²) in [6.45, 7) is 1.92. The maximum absolute atomic E-state index is 10.2. The molecule has 0 aliphatic heterocycles. The van der Waals surface area contributed by atoms with Gasteiger partial charge in [-0.15, -0.1) is 0 Å². The molecule has 1 rings (SSSR count). The fraction of sp³-hybridized carbons (Fsp3) is 0.100. The molecule has 13 heavy (non-hydrogen) atoms. The summed E-state index contributed by atoms with van der Waals surface area (Å²) in [5.41, 5.74) is 1.57. The van der Waals surface area contributed by atoms with Crippen LogP contribution in [0.3, 0.4) is 0 Å². The number of rotatable bonds is 2. The van der Waals surface area contributed by atoms with Gasteiger partial charge in [0.2, 0.25) is 0 Å². The Hall–Kier alpha value is -1.77. The number of aryl methyl sites for hydroxylation is 1. The summed E-state index contributed by atoms with van der Waals surface area (Å²) in [6.07, 6.45) is 0.769. The van der Waals surface area contributed by atoms with Crippen molar-refractivity contribution in [2.45, 2.75) is 6.92 Å². The second kappa shape index (κ2) is 3.76. The minimum absolute atomic E-state index is 0.229. The van der Waals surface area contributed by atoms with E-state index in [0.29, 0.717) is 5.56 Å². The van der Waals surface area contributed by atoms with Crippen LogP contribution in [0.4, 0.5) is 0 Å². The smallest absolute Gasteiger partial charge is 0.332 e. The van der Waals surface area contributed by atoms with Crippen LogP contribution in [0.5, 0.6) is 0 Å². The molecule has 0 fully saturated rings. The maximum Gasteiger partial charge on any atom is 0.332 e. The zero-order valence-electron chi connectivity index (χ0n) is 7.19. The first kappa shape index (κ1) is 9.32. The quantitative estimate of drug-likeness (QED) is 0.537. The lowest BCUT2D eigenvalue weighted by Gasteiger charge is -1.98. The molecule has 68 valence electrons. The average Bonchev–Trinajstić information content (AvgIpc) is 2.04. The van der Waals surface area contributed by atoms with Crippen molar-refractivity contribution in [3.8, 4) is 0 Å². The third kappa shape index (κ3) is 2.63. The van der Waals surface area contributed by atoms with Crippen molar-refractivity contribution in [1.82, 2.24) is 0 Å². The first-order valence-corrected chi connectivity index (χ1v) is 3.80. The van der Waals surface area contributed by atoms with Gasteiger partial charge in [-0.05, 0) is 6.92 Å². The van der Waals surface area contributed by atoms with E-state index in [1.54, 1.807) is 24.3 Å².